The highest BCUT2D eigenvalue weighted by Crippen LogP contribution is 2.33. The average molecular weight is 776 g/mol. The molecule has 52 heavy (non-hydrogen) atoms. The first-order valence-electron chi connectivity index (χ1n) is 14.8. The Balaban J connectivity index is 0.000000280. The van der Waals surface area contributed by atoms with Crippen LogP contribution in [0.1, 0.15) is 51.8 Å². The molecule has 0 radical (unpaired) electrons. The van der Waals surface area contributed by atoms with Crippen LogP contribution in [0.2, 0.25) is 0 Å². The van der Waals surface area contributed by atoms with Crippen molar-refractivity contribution in [1.29, 1.82) is 0 Å². The number of aromatic nitrogens is 4. The first-order chi connectivity index (χ1) is 24.1. The van der Waals surface area contributed by atoms with Gasteiger partial charge in [-0.15, -0.1) is 0 Å². The van der Waals surface area contributed by atoms with Gasteiger partial charge >= 0.3 is 12.4 Å². The molecule has 13 nitrogen and oxygen atoms in total. The van der Waals surface area contributed by atoms with Crippen molar-refractivity contribution in [2.24, 2.45) is 0 Å². The van der Waals surface area contributed by atoms with Crippen LogP contribution in [0.15, 0.2) is 71.0 Å². The third kappa shape index (κ3) is 9.57. The van der Waals surface area contributed by atoms with Gasteiger partial charge in [-0.2, -0.15) is 26.3 Å². The van der Waals surface area contributed by atoms with Gasteiger partial charge in [0.2, 0.25) is 0 Å². The fraction of sp³-hybridized carbons (Fsp3) is 0.290. The number of pyridine rings is 4. The molecule has 4 heterocycles. The first-order valence-corrected chi connectivity index (χ1v) is 18.1. The SMILES string of the molecule is CCS(=O)(=O)c1cccnc1C(=O)Cc1cc(C(F)(F)F)ncc1NC.CCS(=O)(=O)c1cccnc1C(=O)N(C)c1cnc(C(F)(F)F)cc1N. The maximum absolute atomic E-state index is 12.9. The number of nitrogens with two attached hydrogens (primary N) is 1. The van der Waals surface area contributed by atoms with Gasteiger partial charge in [-0.1, -0.05) is 13.8 Å². The topological polar surface area (TPSA) is 195 Å². The van der Waals surface area contributed by atoms with Crippen LogP contribution in [0, 0.1) is 0 Å². The lowest BCUT2D eigenvalue weighted by molar-refractivity contribution is -0.141. The lowest BCUT2D eigenvalue weighted by atomic mass is 10.0. The molecular weight excluding hydrogens is 745 g/mol. The Kier molecular flexibility index (Phi) is 12.7. The van der Waals surface area contributed by atoms with Crippen LogP contribution >= 0.6 is 0 Å². The summed E-state index contributed by atoms with van der Waals surface area (Å²) in [7, 11) is -4.72. The normalized spacial score (nSPS) is 12.0. The molecule has 0 aromatic carbocycles. The van der Waals surface area contributed by atoms with E-state index in [1.54, 1.807) is 0 Å². The summed E-state index contributed by atoms with van der Waals surface area (Å²) >= 11 is 0. The summed E-state index contributed by atoms with van der Waals surface area (Å²) in [6.07, 6.45) is -5.52. The number of carbonyl (C=O) groups is 2. The zero-order valence-corrected chi connectivity index (χ0v) is 29.4. The Labute approximate surface area is 294 Å². The molecule has 3 N–H and O–H groups in total. The number of carbonyl (C=O) groups excluding carboxylic acids is 2. The summed E-state index contributed by atoms with van der Waals surface area (Å²) in [4.78, 5) is 39.9. The summed E-state index contributed by atoms with van der Waals surface area (Å²) in [5.41, 5.74) is 2.48. The Morgan fingerprint density at radius 3 is 1.75 bits per heavy atom. The van der Waals surface area contributed by atoms with E-state index >= 15 is 0 Å². The van der Waals surface area contributed by atoms with Gasteiger partial charge in [0.25, 0.3) is 5.91 Å². The van der Waals surface area contributed by atoms with Crippen molar-refractivity contribution >= 4 is 48.4 Å². The molecule has 4 aromatic rings. The number of halogens is 6. The number of nitrogen functional groups attached to an aromatic ring is 1. The zero-order valence-electron chi connectivity index (χ0n) is 27.7. The molecule has 0 spiro atoms. The minimum Gasteiger partial charge on any atom is -0.397 e. The second kappa shape index (κ2) is 16.0. The van der Waals surface area contributed by atoms with Crippen LogP contribution in [0.5, 0.6) is 0 Å². The molecule has 0 aliphatic heterocycles. The Morgan fingerprint density at radius 2 is 1.27 bits per heavy atom. The number of hydrogen-bond donors (Lipinski definition) is 2. The maximum Gasteiger partial charge on any atom is 0.433 e. The van der Waals surface area contributed by atoms with Crippen LogP contribution in [-0.2, 0) is 38.4 Å². The molecule has 0 atom stereocenters. The lowest BCUT2D eigenvalue weighted by Crippen LogP contribution is -2.30. The van der Waals surface area contributed by atoms with Crippen molar-refractivity contribution in [3.05, 3.63) is 89.5 Å². The van der Waals surface area contributed by atoms with Crippen molar-refractivity contribution in [2.45, 2.75) is 42.4 Å². The van der Waals surface area contributed by atoms with Gasteiger partial charge in [0, 0.05) is 32.9 Å². The number of sulfone groups is 2. The van der Waals surface area contributed by atoms with Crippen LogP contribution in [0.3, 0.4) is 0 Å². The monoisotopic (exact) mass is 775 g/mol. The Bertz CT molecular complexity index is 2180. The molecule has 21 heteroatoms. The van der Waals surface area contributed by atoms with E-state index in [0.717, 1.165) is 23.4 Å². The molecular formula is C31H31F6N7O6S2. The van der Waals surface area contributed by atoms with E-state index in [9.17, 15) is 52.8 Å². The zero-order chi connectivity index (χ0) is 39.2. The summed E-state index contributed by atoms with van der Waals surface area (Å²) in [6.45, 7) is 2.84. The predicted octanol–water partition coefficient (Wildman–Crippen LogP) is 4.90. The third-order valence-corrected chi connectivity index (χ3v) is 10.7. The van der Waals surface area contributed by atoms with Gasteiger partial charge in [-0.25, -0.2) is 31.8 Å². The van der Waals surface area contributed by atoms with Crippen LogP contribution in [0.25, 0.3) is 0 Å². The summed E-state index contributed by atoms with van der Waals surface area (Å²) in [5, 5.41) is 2.67. The van der Waals surface area contributed by atoms with Crippen molar-refractivity contribution in [3.8, 4) is 0 Å². The number of ketones is 1. The lowest BCUT2D eigenvalue weighted by Gasteiger charge is -2.20. The smallest absolute Gasteiger partial charge is 0.397 e. The highest BCUT2D eigenvalue weighted by atomic mass is 32.2. The summed E-state index contributed by atoms with van der Waals surface area (Å²) in [5.74, 6) is -2.01. The minimum absolute atomic E-state index is 0.0466. The highest BCUT2D eigenvalue weighted by Gasteiger charge is 2.35. The molecule has 0 unspecified atom stereocenters. The number of hydrogen-bond acceptors (Lipinski definition) is 12. The van der Waals surface area contributed by atoms with Gasteiger partial charge in [0.1, 0.15) is 22.8 Å². The number of anilines is 3. The minimum atomic E-state index is -4.68. The van der Waals surface area contributed by atoms with Gasteiger partial charge in [-0.05, 0) is 42.0 Å². The fourth-order valence-electron chi connectivity index (χ4n) is 4.41. The molecule has 1 amide bonds. The number of nitrogens with zero attached hydrogens (tertiary/aromatic N) is 5. The summed E-state index contributed by atoms with van der Waals surface area (Å²) < 4.78 is 125. The van der Waals surface area contributed by atoms with Crippen molar-refractivity contribution in [3.63, 3.8) is 0 Å². The average Bonchev–Trinajstić information content (AvgIpc) is 3.10. The van der Waals surface area contributed by atoms with Crippen LogP contribution in [-0.4, -0.2) is 74.1 Å². The highest BCUT2D eigenvalue weighted by molar-refractivity contribution is 7.91. The Morgan fingerprint density at radius 1 is 0.788 bits per heavy atom. The quantitative estimate of drug-likeness (QED) is 0.164. The second-order valence-corrected chi connectivity index (χ2v) is 15.1. The molecule has 4 aromatic heterocycles. The van der Waals surface area contributed by atoms with Crippen LogP contribution < -0.4 is 16.0 Å². The van der Waals surface area contributed by atoms with Gasteiger partial charge in [-0.3, -0.25) is 14.6 Å². The van der Waals surface area contributed by atoms with E-state index < -0.39 is 61.5 Å². The standard InChI is InChI=1S/C16H16F3N3O3S.C15H15F3N4O3S/c1-3-26(24,25)13-5-4-6-21-15(13)12(23)7-10-8-14(16(17,18)19)22-9-11(10)20-2;1-3-26(24,25)11-5-4-6-20-13(11)14(23)22(2)10-8-21-12(7-9(10)19)15(16,17)18/h4-6,8-9,20H,3,7H2,1-2H3;4-8H,3H2,1-2H3,(H2,19,21). The molecule has 0 aliphatic rings. The largest absolute Gasteiger partial charge is 0.433 e. The van der Waals surface area contributed by atoms with Gasteiger partial charge < -0.3 is 16.0 Å². The number of amides is 1. The van der Waals surface area contributed by atoms with E-state index in [0.29, 0.717) is 6.07 Å². The molecule has 280 valence electrons. The molecule has 0 aliphatic carbocycles. The van der Waals surface area contributed by atoms with E-state index in [-0.39, 0.29) is 55.3 Å². The van der Waals surface area contributed by atoms with Crippen molar-refractivity contribution in [1.82, 2.24) is 19.9 Å². The van der Waals surface area contributed by atoms with E-state index in [1.165, 1.54) is 64.6 Å². The van der Waals surface area contributed by atoms with Gasteiger partial charge in [0.15, 0.2) is 25.5 Å². The molecule has 0 fully saturated rings. The number of Topliss-reactive ketones (excluding diaryl/α,β-unsaturated/α-hetero) is 1. The fourth-order valence-corrected chi connectivity index (χ4v) is 6.50. The second-order valence-electron chi connectivity index (χ2n) is 10.6. The molecule has 0 bridgehead atoms. The van der Waals surface area contributed by atoms with Crippen molar-refractivity contribution < 1.29 is 52.8 Å². The number of nitrogens with one attached hydrogen (secondary N) is 1. The molecule has 0 saturated carbocycles. The molecule has 0 saturated heterocycles. The van der Waals surface area contributed by atoms with Crippen LogP contribution in [0.4, 0.5) is 43.4 Å². The summed E-state index contributed by atoms with van der Waals surface area (Å²) in [6, 6.07) is 6.61. The van der Waals surface area contributed by atoms with Gasteiger partial charge in [0.05, 0.1) is 50.8 Å². The van der Waals surface area contributed by atoms with E-state index in [4.69, 9.17) is 5.73 Å². The number of alkyl halides is 6. The number of rotatable bonds is 10. The third-order valence-electron chi connectivity index (χ3n) is 7.21. The predicted molar refractivity (Wildman–Crippen MR) is 177 cm³/mol. The van der Waals surface area contributed by atoms with Crippen molar-refractivity contribution in [2.75, 3.05) is 41.6 Å². The Hall–Kier alpha value is -5.18. The first kappa shape index (κ1) is 41.2. The maximum atomic E-state index is 12.9. The molecule has 4 rings (SSSR count). The van der Waals surface area contributed by atoms with E-state index in [2.05, 4.69) is 25.3 Å². The van der Waals surface area contributed by atoms with E-state index in [1.807, 2.05) is 0 Å².